The van der Waals surface area contributed by atoms with Crippen LogP contribution in [0.3, 0.4) is 0 Å². The third-order valence-corrected chi connectivity index (χ3v) is 5.44. The fraction of sp³-hybridized carbons (Fsp3) is 0.227. The second kappa shape index (κ2) is 6.64. The van der Waals surface area contributed by atoms with Gasteiger partial charge in [0, 0.05) is 48.0 Å². The number of hydrogen-bond acceptors (Lipinski definition) is 6. The van der Waals surface area contributed by atoms with Crippen LogP contribution >= 0.6 is 0 Å². The van der Waals surface area contributed by atoms with Crippen molar-refractivity contribution >= 4 is 11.7 Å². The first kappa shape index (κ1) is 16.7. The minimum atomic E-state index is -0.871. The van der Waals surface area contributed by atoms with Gasteiger partial charge in [-0.2, -0.15) is 0 Å². The number of ether oxygens (including phenoxy) is 2. The molecule has 5 rings (SSSR count). The van der Waals surface area contributed by atoms with Crippen molar-refractivity contribution in [3.63, 3.8) is 0 Å². The van der Waals surface area contributed by atoms with Gasteiger partial charge in [0.05, 0.1) is 0 Å². The van der Waals surface area contributed by atoms with Gasteiger partial charge in [0.2, 0.25) is 5.72 Å². The maximum atomic E-state index is 12.8. The van der Waals surface area contributed by atoms with Crippen LogP contribution in [0.1, 0.15) is 30.4 Å². The van der Waals surface area contributed by atoms with E-state index in [1.54, 1.807) is 31.0 Å². The van der Waals surface area contributed by atoms with Gasteiger partial charge in [-0.15, -0.1) is 0 Å². The van der Waals surface area contributed by atoms with Gasteiger partial charge in [-0.3, -0.25) is 14.9 Å². The molecule has 4 heterocycles. The second-order valence-electron chi connectivity index (χ2n) is 6.97. The first-order valence-corrected chi connectivity index (χ1v) is 9.38. The maximum absolute atomic E-state index is 12.8. The van der Waals surface area contributed by atoms with Gasteiger partial charge < -0.3 is 9.47 Å². The molecule has 1 unspecified atom stereocenters. The quantitative estimate of drug-likeness (QED) is 0.604. The lowest BCUT2D eigenvalue weighted by Gasteiger charge is -2.43. The van der Waals surface area contributed by atoms with E-state index in [2.05, 4.69) is 22.1 Å². The van der Waals surface area contributed by atoms with E-state index in [0.29, 0.717) is 11.5 Å². The Morgan fingerprint density at radius 2 is 1.82 bits per heavy atom. The second-order valence-corrected chi connectivity index (χ2v) is 6.97. The van der Waals surface area contributed by atoms with Crippen molar-refractivity contribution in [2.24, 2.45) is 5.92 Å². The molecule has 0 amide bonds. The van der Waals surface area contributed by atoms with Crippen molar-refractivity contribution in [1.29, 1.82) is 0 Å². The van der Waals surface area contributed by atoms with E-state index < -0.39 is 11.7 Å². The zero-order valence-electron chi connectivity index (χ0n) is 15.2. The van der Waals surface area contributed by atoms with E-state index in [1.165, 1.54) is 6.26 Å². The summed E-state index contributed by atoms with van der Waals surface area (Å²) >= 11 is 0. The highest BCUT2D eigenvalue weighted by Gasteiger charge is 2.56. The lowest BCUT2D eigenvalue weighted by molar-refractivity contribution is -0.141. The molecular formula is C22H19N3O3. The van der Waals surface area contributed by atoms with E-state index in [4.69, 9.17) is 9.47 Å². The summed E-state index contributed by atoms with van der Waals surface area (Å²) in [6.45, 7) is 0. The van der Waals surface area contributed by atoms with E-state index in [1.807, 2.05) is 29.2 Å². The first-order chi connectivity index (χ1) is 13.8. The van der Waals surface area contributed by atoms with Gasteiger partial charge in [0.1, 0.15) is 6.26 Å². The molecule has 0 N–H and O–H groups in total. The molecule has 6 nitrogen and oxygen atoms in total. The van der Waals surface area contributed by atoms with Crippen LogP contribution in [-0.2, 0) is 20.0 Å². The molecule has 2 aliphatic heterocycles. The predicted molar refractivity (Wildman–Crippen MR) is 102 cm³/mol. The molecule has 0 aromatic carbocycles. The van der Waals surface area contributed by atoms with Crippen molar-refractivity contribution in [2.45, 2.75) is 25.0 Å². The summed E-state index contributed by atoms with van der Waals surface area (Å²) in [7, 11) is 0. The van der Waals surface area contributed by atoms with Crippen LogP contribution in [-0.4, -0.2) is 20.8 Å². The van der Waals surface area contributed by atoms with Crippen LogP contribution < -0.4 is 0 Å². The fourth-order valence-electron chi connectivity index (χ4n) is 4.21. The molecule has 140 valence electrons. The maximum Gasteiger partial charge on any atom is 0.363 e. The number of cyclic esters (lactones) is 1. The average Bonchev–Trinajstić information content (AvgIpc) is 3.13. The Morgan fingerprint density at radius 1 is 1.07 bits per heavy atom. The van der Waals surface area contributed by atoms with Crippen LogP contribution in [0, 0.1) is 5.92 Å². The largest absolute Gasteiger partial charge is 0.460 e. The number of carbonyl (C=O) groups is 1. The molecule has 0 fully saturated rings. The Bertz CT molecular complexity index is 985. The lowest BCUT2D eigenvalue weighted by atomic mass is 9.81. The first-order valence-electron chi connectivity index (χ1n) is 9.38. The molecule has 0 bridgehead atoms. The minimum Gasteiger partial charge on any atom is -0.460 e. The molecule has 3 aliphatic rings. The summed E-state index contributed by atoms with van der Waals surface area (Å²) in [4.78, 5) is 22.9. The summed E-state index contributed by atoms with van der Waals surface area (Å²) in [5.74, 6) is 0.145. The number of fused-ring (bicyclic) bond motifs is 1. The molecule has 28 heavy (non-hydrogen) atoms. The number of pyridine rings is 2. The molecule has 0 saturated carbocycles. The van der Waals surface area contributed by atoms with Crippen molar-refractivity contribution in [3.8, 4) is 0 Å². The summed E-state index contributed by atoms with van der Waals surface area (Å²) in [6.07, 6.45) is 17.6. The van der Waals surface area contributed by atoms with Crippen LogP contribution in [0.2, 0.25) is 0 Å². The Hall–Kier alpha value is -3.41. The number of esters is 1. The van der Waals surface area contributed by atoms with Crippen LogP contribution in [0.25, 0.3) is 5.76 Å². The topological polar surface area (TPSA) is 64.5 Å². The van der Waals surface area contributed by atoms with Gasteiger partial charge in [-0.05, 0) is 43.5 Å². The zero-order chi connectivity index (χ0) is 19.0. The summed E-state index contributed by atoms with van der Waals surface area (Å²) < 4.78 is 11.9. The highest BCUT2D eigenvalue weighted by molar-refractivity contribution is 5.98. The number of rotatable bonds is 3. The third kappa shape index (κ3) is 2.45. The molecule has 6 heteroatoms. The van der Waals surface area contributed by atoms with Gasteiger partial charge in [0.15, 0.2) is 11.5 Å². The smallest absolute Gasteiger partial charge is 0.363 e. The highest BCUT2D eigenvalue weighted by atomic mass is 16.6. The average molecular weight is 373 g/mol. The van der Waals surface area contributed by atoms with Gasteiger partial charge in [0.25, 0.3) is 0 Å². The number of carbonyl (C=O) groups excluding carboxylic acids is 1. The Kier molecular flexibility index (Phi) is 3.97. The Morgan fingerprint density at radius 3 is 2.54 bits per heavy atom. The van der Waals surface area contributed by atoms with E-state index in [-0.39, 0.29) is 5.92 Å². The number of nitrogens with zero attached hydrogens (tertiary/aromatic N) is 3. The molecule has 1 aliphatic carbocycles. The third-order valence-electron chi connectivity index (χ3n) is 5.44. The van der Waals surface area contributed by atoms with Crippen LogP contribution in [0.5, 0.6) is 0 Å². The molecule has 2 aromatic heterocycles. The zero-order valence-corrected chi connectivity index (χ0v) is 15.2. The summed E-state index contributed by atoms with van der Waals surface area (Å²) in [6, 6.07) is 7.57. The Balaban J connectivity index is 1.74. The SMILES string of the molecule is O=C1OC=CN2C1=C(c1ccncc1)O[C@@]2(c1ccncc1)C1C=CCCC1. The van der Waals surface area contributed by atoms with Crippen LogP contribution in [0.15, 0.2) is 79.4 Å². The van der Waals surface area contributed by atoms with Crippen molar-refractivity contribution in [3.05, 3.63) is 90.5 Å². The van der Waals surface area contributed by atoms with Crippen molar-refractivity contribution < 1.29 is 14.3 Å². The monoisotopic (exact) mass is 373 g/mol. The van der Waals surface area contributed by atoms with E-state index in [9.17, 15) is 4.79 Å². The number of hydrogen-bond donors (Lipinski definition) is 0. The molecule has 2 atom stereocenters. The number of allylic oxidation sites excluding steroid dienone is 1. The van der Waals surface area contributed by atoms with Gasteiger partial charge in [-0.25, -0.2) is 4.79 Å². The standard InChI is InChI=1S/C22H19N3O3/c26-21-19-20(16-6-10-23-11-7-16)28-22(25(19)14-15-27-21,17-4-2-1-3-5-17)18-8-12-24-13-9-18/h2,4,6-15,17H,1,3,5H2/t17?,22-/m1/s1. The number of aromatic nitrogens is 2. The Labute approximate surface area is 162 Å². The summed E-state index contributed by atoms with van der Waals surface area (Å²) in [5, 5.41) is 0. The molecule has 0 saturated heterocycles. The summed E-state index contributed by atoms with van der Waals surface area (Å²) in [5.41, 5.74) is 1.27. The molecule has 0 spiro atoms. The molecule has 2 aromatic rings. The van der Waals surface area contributed by atoms with Crippen molar-refractivity contribution in [1.82, 2.24) is 14.9 Å². The van der Waals surface area contributed by atoms with E-state index in [0.717, 1.165) is 30.4 Å². The van der Waals surface area contributed by atoms with Gasteiger partial charge in [-0.1, -0.05) is 12.2 Å². The van der Waals surface area contributed by atoms with Gasteiger partial charge >= 0.3 is 5.97 Å². The van der Waals surface area contributed by atoms with Crippen molar-refractivity contribution in [2.75, 3.05) is 0 Å². The lowest BCUT2D eigenvalue weighted by Crippen LogP contribution is -2.48. The van der Waals surface area contributed by atoms with Crippen LogP contribution in [0.4, 0.5) is 0 Å². The predicted octanol–water partition coefficient (Wildman–Crippen LogP) is 3.71. The normalized spacial score (nSPS) is 26.1. The van der Waals surface area contributed by atoms with E-state index >= 15 is 0 Å². The molecule has 0 radical (unpaired) electrons. The molecular weight excluding hydrogens is 354 g/mol. The highest BCUT2D eigenvalue weighted by Crippen LogP contribution is 2.53. The minimum absolute atomic E-state index is 0.0635. The fourth-order valence-corrected chi connectivity index (χ4v) is 4.21.